The van der Waals surface area contributed by atoms with E-state index in [0.29, 0.717) is 10.8 Å². The molecule has 1 saturated carbocycles. The molecule has 1 aliphatic heterocycles. The zero-order chi connectivity index (χ0) is 10.2. The van der Waals surface area contributed by atoms with Gasteiger partial charge in [0.1, 0.15) is 0 Å². The molecule has 2 nitrogen and oxygen atoms in total. The predicted octanol–water partition coefficient (Wildman–Crippen LogP) is 1.69. The van der Waals surface area contributed by atoms with Gasteiger partial charge in [0.05, 0.1) is 0 Å². The molecule has 1 aliphatic carbocycles. The van der Waals surface area contributed by atoms with Gasteiger partial charge in [-0.05, 0) is 31.6 Å². The van der Waals surface area contributed by atoms with E-state index in [4.69, 9.17) is 5.73 Å². The fourth-order valence-corrected chi connectivity index (χ4v) is 4.34. The van der Waals surface area contributed by atoms with Crippen molar-refractivity contribution in [2.45, 2.75) is 49.9 Å². The third kappa shape index (κ3) is 1.59. The molecule has 82 valence electrons. The fraction of sp³-hybridized carbons (Fsp3) is 1.00. The molecule has 2 fully saturated rings. The van der Waals surface area contributed by atoms with Gasteiger partial charge in [-0.15, -0.1) is 0 Å². The van der Waals surface area contributed by atoms with Gasteiger partial charge in [0.25, 0.3) is 0 Å². The molecule has 0 aromatic heterocycles. The summed E-state index contributed by atoms with van der Waals surface area (Å²) in [5, 5.41) is 0.716. The molecule has 2 aliphatic rings. The highest BCUT2D eigenvalue weighted by atomic mass is 32.2. The first-order chi connectivity index (χ1) is 6.74. The lowest BCUT2D eigenvalue weighted by Gasteiger charge is -2.43. The maximum absolute atomic E-state index is 6.05. The van der Waals surface area contributed by atoms with Crippen LogP contribution in [0, 0.1) is 0 Å². The minimum atomic E-state index is 0.320. The van der Waals surface area contributed by atoms with Gasteiger partial charge < -0.3 is 5.73 Å². The Morgan fingerprint density at radius 1 is 1.50 bits per heavy atom. The molecule has 14 heavy (non-hydrogen) atoms. The summed E-state index contributed by atoms with van der Waals surface area (Å²) in [6.45, 7) is 6.65. The van der Waals surface area contributed by atoms with Crippen LogP contribution in [-0.4, -0.2) is 40.6 Å². The molecule has 0 radical (unpaired) electrons. The van der Waals surface area contributed by atoms with Crippen molar-refractivity contribution in [1.82, 2.24) is 4.90 Å². The lowest BCUT2D eigenvalue weighted by atomic mass is 9.90. The van der Waals surface area contributed by atoms with Crippen LogP contribution in [-0.2, 0) is 0 Å². The molecule has 2 atom stereocenters. The van der Waals surface area contributed by atoms with Crippen LogP contribution < -0.4 is 5.73 Å². The van der Waals surface area contributed by atoms with Gasteiger partial charge >= 0.3 is 0 Å². The van der Waals surface area contributed by atoms with Crippen molar-refractivity contribution < 1.29 is 0 Å². The van der Waals surface area contributed by atoms with Gasteiger partial charge in [-0.2, -0.15) is 11.8 Å². The van der Waals surface area contributed by atoms with E-state index in [1.807, 2.05) is 0 Å². The van der Waals surface area contributed by atoms with Gasteiger partial charge in [0.2, 0.25) is 0 Å². The van der Waals surface area contributed by atoms with E-state index in [1.165, 1.54) is 31.6 Å². The maximum Gasteiger partial charge on any atom is 0.0458 e. The zero-order valence-electron chi connectivity index (χ0n) is 9.33. The fourth-order valence-electron chi connectivity index (χ4n) is 2.86. The molecule has 3 heteroatoms. The lowest BCUT2D eigenvalue weighted by molar-refractivity contribution is 0.0947. The molecule has 0 amide bonds. The summed E-state index contributed by atoms with van der Waals surface area (Å²) in [7, 11) is 0. The third-order valence-corrected chi connectivity index (χ3v) is 5.29. The van der Waals surface area contributed by atoms with Crippen LogP contribution in [0.2, 0.25) is 0 Å². The topological polar surface area (TPSA) is 29.3 Å². The first-order valence-corrected chi connectivity index (χ1v) is 6.88. The number of nitrogens with zero attached hydrogens (tertiary/aromatic N) is 1. The molecule has 0 aromatic rings. The van der Waals surface area contributed by atoms with Crippen LogP contribution in [0.5, 0.6) is 0 Å². The molecule has 2 unspecified atom stereocenters. The standard InChI is InChI=1S/C11H22N2S/c1-3-13(10-4-5-10)11(8-12)6-7-14-9(11)2/h9-10H,3-8,12H2,1-2H3. The van der Waals surface area contributed by atoms with Crippen molar-refractivity contribution in [3.8, 4) is 0 Å². The lowest BCUT2D eigenvalue weighted by Crippen LogP contribution is -2.58. The smallest absolute Gasteiger partial charge is 0.0458 e. The average Bonchev–Trinajstić information content (AvgIpc) is 2.94. The van der Waals surface area contributed by atoms with Crippen molar-refractivity contribution in [3.05, 3.63) is 0 Å². The number of likely N-dealkylation sites (N-methyl/N-ethyl adjacent to an activating group) is 1. The van der Waals surface area contributed by atoms with Crippen molar-refractivity contribution in [3.63, 3.8) is 0 Å². The van der Waals surface area contributed by atoms with Gasteiger partial charge in [0.15, 0.2) is 0 Å². The highest BCUT2D eigenvalue weighted by molar-refractivity contribution is 8.00. The van der Waals surface area contributed by atoms with E-state index in [0.717, 1.165) is 12.6 Å². The van der Waals surface area contributed by atoms with E-state index < -0.39 is 0 Å². The average molecular weight is 214 g/mol. The Morgan fingerprint density at radius 2 is 2.21 bits per heavy atom. The monoisotopic (exact) mass is 214 g/mol. The van der Waals surface area contributed by atoms with E-state index in [9.17, 15) is 0 Å². The van der Waals surface area contributed by atoms with Gasteiger partial charge in [-0.25, -0.2) is 0 Å². The Morgan fingerprint density at radius 3 is 2.57 bits per heavy atom. The SMILES string of the molecule is CCN(C1CC1)C1(CN)CCSC1C. The summed E-state index contributed by atoms with van der Waals surface area (Å²) in [6.07, 6.45) is 4.08. The minimum Gasteiger partial charge on any atom is -0.329 e. The molecular formula is C11H22N2S. The zero-order valence-corrected chi connectivity index (χ0v) is 10.1. The molecule has 0 aromatic carbocycles. The molecular weight excluding hydrogens is 192 g/mol. The van der Waals surface area contributed by atoms with E-state index in [-0.39, 0.29) is 0 Å². The summed E-state index contributed by atoms with van der Waals surface area (Å²) in [5.41, 5.74) is 6.37. The molecule has 1 heterocycles. The Hall–Kier alpha value is 0.270. The summed E-state index contributed by atoms with van der Waals surface area (Å²) >= 11 is 2.10. The van der Waals surface area contributed by atoms with E-state index in [2.05, 4.69) is 30.5 Å². The summed E-state index contributed by atoms with van der Waals surface area (Å²) in [6, 6.07) is 0.852. The van der Waals surface area contributed by atoms with Crippen LogP contribution in [0.1, 0.15) is 33.1 Å². The Kier molecular flexibility index (Phi) is 3.10. The van der Waals surface area contributed by atoms with Crippen LogP contribution in [0.15, 0.2) is 0 Å². The molecule has 2 rings (SSSR count). The molecule has 0 spiro atoms. The normalized spacial score (nSPS) is 38.1. The molecule has 1 saturated heterocycles. The second-order valence-electron chi connectivity index (χ2n) is 4.59. The van der Waals surface area contributed by atoms with Crippen molar-refractivity contribution in [2.75, 3.05) is 18.8 Å². The largest absolute Gasteiger partial charge is 0.329 e. The highest BCUT2D eigenvalue weighted by Gasteiger charge is 2.48. The highest BCUT2D eigenvalue weighted by Crippen LogP contribution is 2.44. The summed E-state index contributed by atoms with van der Waals surface area (Å²) in [4.78, 5) is 2.69. The third-order valence-electron chi connectivity index (χ3n) is 3.91. The summed E-state index contributed by atoms with van der Waals surface area (Å²) < 4.78 is 0. The van der Waals surface area contributed by atoms with Crippen molar-refractivity contribution in [2.24, 2.45) is 5.73 Å². The number of nitrogens with two attached hydrogens (primary N) is 1. The first-order valence-electron chi connectivity index (χ1n) is 5.83. The Labute approximate surface area is 91.6 Å². The number of hydrogen-bond acceptors (Lipinski definition) is 3. The summed E-state index contributed by atoms with van der Waals surface area (Å²) in [5.74, 6) is 1.29. The van der Waals surface area contributed by atoms with Crippen LogP contribution in [0.25, 0.3) is 0 Å². The second kappa shape index (κ2) is 4.03. The second-order valence-corrected chi connectivity index (χ2v) is 6.04. The maximum atomic E-state index is 6.05. The Balaban J connectivity index is 2.15. The van der Waals surface area contributed by atoms with Gasteiger partial charge in [-0.1, -0.05) is 13.8 Å². The first kappa shape index (κ1) is 10.8. The van der Waals surface area contributed by atoms with Gasteiger partial charge in [-0.3, -0.25) is 4.90 Å². The molecule has 2 N–H and O–H groups in total. The van der Waals surface area contributed by atoms with Crippen molar-refractivity contribution in [1.29, 1.82) is 0 Å². The van der Waals surface area contributed by atoms with Crippen LogP contribution in [0.3, 0.4) is 0 Å². The number of rotatable bonds is 4. The Bertz CT molecular complexity index is 205. The van der Waals surface area contributed by atoms with Crippen LogP contribution in [0.4, 0.5) is 0 Å². The minimum absolute atomic E-state index is 0.320. The van der Waals surface area contributed by atoms with E-state index in [1.54, 1.807) is 0 Å². The predicted molar refractivity (Wildman–Crippen MR) is 63.7 cm³/mol. The van der Waals surface area contributed by atoms with E-state index >= 15 is 0 Å². The van der Waals surface area contributed by atoms with Crippen LogP contribution >= 0.6 is 11.8 Å². The quantitative estimate of drug-likeness (QED) is 0.772. The van der Waals surface area contributed by atoms with Gasteiger partial charge in [0, 0.05) is 23.4 Å². The number of thioether (sulfide) groups is 1. The van der Waals surface area contributed by atoms with Crippen molar-refractivity contribution >= 4 is 11.8 Å². The molecule has 0 bridgehead atoms. The number of hydrogen-bond donors (Lipinski definition) is 1.